The average molecular weight is 568 g/mol. The van der Waals surface area contributed by atoms with Gasteiger partial charge in [-0.1, -0.05) is 0 Å². The molecular weight excluding hydrogens is 522 g/mol. The van der Waals surface area contributed by atoms with Crippen molar-refractivity contribution in [1.82, 2.24) is 5.32 Å². The zero-order chi connectivity index (χ0) is 28.8. The normalized spacial score (nSPS) is 10.9. The Morgan fingerprint density at radius 1 is 0.462 bits per heavy atom. The minimum Gasteiger partial charge on any atom is -0.481 e. The summed E-state index contributed by atoms with van der Waals surface area (Å²) in [6.45, 7) is 5.62. The second kappa shape index (κ2) is 28.6. The van der Waals surface area contributed by atoms with Crippen molar-refractivity contribution in [3.8, 4) is 0 Å². The third-order valence-corrected chi connectivity index (χ3v) is 4.73. The number of carboxylic acids is 2. The van der Waals surface area contributed by atoms with E-state index in [2.05, 4.69) is 5.32 Å². The lowest BCUT2D eigenvalue weighted by Crippen LogP contribution is -2.25. The van der Waals surface area contributed by atoms with Crippen molar-refractivity contribution in [3.63, 3.8) is 0 Å². The number of hydrogen-bond donors (Lipinski definition) is 3. The first-order chi connectivity index (χ1) is 18.9. The summed E-state index contributed by atoms with van der Waals surface area (Å²) in [6, 6.07) is 0. The first kappa shape index (κ1) is 36.6. The van der Waals surface area contributed by atoms with Gasteiger partial charge >= 0.3 is 17.9 Å². The molecule has 0 atom stereocenters. The molecule has 0 aromatic rings. The number of rotatable bonds is 30. The summed E-state index contributed by atoms with van der Waals surface area (Å²) >= 11 is 0. The lowest BCUT2D eigenvalue weighted by Gasteiger charge is -2.09. The first-order valence-electron chi connectivity index (χ1n) is 13.2. The highest BCUT2D eigenvalue weighted by molar-refractivity contribution is 5.80. The molecular formula is C25H45NO13. The van der Waals surface area contributed by atoms with Gasteiger partial charge < -0.3 is 48.7 Å². The molecule has 0 spiro atoms. The highest BCUT2D eigenvalue weighted by Gasteiger charge is 2.05. The van der Waals surface area contributed by atoms with E-state index in [1.807, 2.05) is 0 Å². The topological polar surface area (TPSA) is 185 Å². The number of aliphatic carboxylic acids is 2. The summed E-state index contributed by atoms with van der Waals surface area (Å²) in [5, 5.41) is 19.7. The molecule has 0 aliphatic carbocycles. The maximum atomic E-state index is 11.4. The number of ether oxygens (including phenoxy) is 7. The van der Waals surface area contributed by atoms with Crippen LogP contribution in [0, 0.1) is 0 Å². The Morgan fingerprint density at radius 3 is 1.33 bits per heavy atom. The first-order valence-corrected chi connectivity index (χ1v) is 13.2. The van der Waals surface area contributed by atoms with E-state index < -0.39 is 11.9 Å². The van der Waals surface area contributed by atoms with E-state index in [-0.39, 0.29) is 50.8 Å². The largest absolute Gasteiger partial charge is 0.481 e. The van der Waals surface area contributed by atoms with Crippen molar-refractivity contribution in [2.24, 2.45) is 0 Å². The van der Waals surface area contributed by atoms with Gasteiger partial charge in [-0.2, -0.15) is 0 Å². The molecule has 39 heavy (non-hydrogen) atoms. The molecule has 3 N–H and O–H groups in total. The quantitative estimate of drug-likeness (QED) is 0.0812. The molecule has 0 saturated carbocycles. The van der Waals surface area contributed by atoms with Crippen LogP contribution in [0.5, 0.6) is 0 Å². The van der Waals surface area contributed by atoms with Gasteiger partial charge in [0, 0.05) is 32.4 Å². The maximum Gasteiger partial charge on any atom is 0.305 e. The number of carbonyl (C=O) groups excluding carboxylic acids is 2. The van der Waals surface area contributed by atoms with E-state index >= 15 is 0 Å². The molecule has 0 aliphatic rings. The van der Waals surface area contributed by atoms with Crippen molar-refractivity contribution >= 4 is 23.8 Å². The van der Waals surface area contributed by atoms with Crippen LogP contribution in [0.25, 0.3) is 0 Å². The predicted octanol–water partition coefficient (Wildman–Crippen LogP) is 0.645. The van der Waals surface area contributed by atoms with E-state index in [0.29, 0.717) is 98.5 Å². The van der Waals surface area contributed by atoms with Crippen LogP contribution in [0.4, 0.5) is 0 Å². The van der Waals surface area contributed by atoms with Crippen LogP contribution in [0.15, 0.2) is 0 Å². The average Bonchev–Trinajstić information content (AvgIpc) is 2.90. The molecule has 14 nitrogen and oxygen atoms in total. The van der Waals surface area contributed by atoms with Crippen molar-refractivity contribution in [2.45, 2.75) is 44.9 Å². The highest BCUT2D eigenvalue weighted by Crippen LogP contribution is 2.01. The molecule has 0 radical (unpaired) electrons. The second-order valence-corrected chi connectivity index (χ2v) is 8.09. The molecule has 14 heteroatoms. The van der Waals surface area contributed by atoms with E-state index in [1.54, 1.807) is 0 Å². The summed E-state index contributed by atoms with van der Waals surface area (Å²) in [7, 11) is 0. The fourth-order valence-corrected chi connectivity index (χ4v) is 2.74. The van der Waals surface area contributed by atoms with Gasteiger partial charge in [0.2, 0.25) is 5.91 Å². The standard InChI is InChI=1S/C25H45NO13/c27-22(6-7-24(30)31)26-8-3-9-33-10-11-34-12-13-35-14-15-36-16-17-37-18-19-38-20-21-39-25(32)5-2-1-4-23(28)29/h1-21H2,(H,26,27)(H,28,29)(H,30,31). The van der Waals surface area contributed by atoms with Crippen molar-refractivity contribution in [1.29, 1.82) is 0 Å². The van der Waals surface area contributed by atoms with E-state index in [0.717, 1.165) is 0 Å². The van der Waals surface area contributed by atoms with Gasteiger partial charge in [0.05, 0.1) is 79.1 Å². The number of esters is 1. The lowest BCUT2D eigenvalue weighted by molar-refractivity contribution is -0.146. The Kier molecular flexibility index (Phi) is 26.9. The Morgan fingerprint density at radius 2 is 0.872 bits per heavy atom. The number of unbranched alkanes of at least 4 members (excludes halogenated alkanes) is 1. The van der Waals surface area contributed by atoms with Crippen LogP contribution >= 0.6 is 0 Å². The number of carbonyl (C=O) groups is 4. The van der Waals surface area contributed by atoms with Crippen molar-refractivity contribution in [2.75, 3.05) is 92.4 Å². The van der Waals surface area contributed by atoms with Crippen LogP contribution in [0.3, 0.4) is 0 Å². The molecule has 0 saturated heterocycles. The number of carboxylic acid groups (broad SMARTS) is 2. The van der Waals surface area contributed by atoms with Crippen LogP contribution in [0.2, 0.25) is 0 Å². The SMILES string of the molecule is O=C(O)CCCCC(=O)OCCOCCOCCOCCOCCOCCOCCCNC(=O)CCC(=O)O. The van der Waals surface area contributed by atoms with Crippen molar-refractivity contribution in [3.05, 3.63) is 0 Å². The number of amides is 1. The number of nitrogens with one attached hydrogen (secondary N) is 1. The third kappa shape index (κ3) is 31.8. The molecule has 0 aliphatic heterocycles. The molecule has 0 rings (SSSR count). The van der Waals surface area contributed by atoms with Gasteiger partial charge in [0.15, 0.2) is 0 Å². The van der Waals surface area contributed by atoms with Crippen LogP contribution in [-0.2, 0) is 52.3 Å². The summed E-state index contributed by atoms with van der Waals surface area (Å²) in [5.41, 5.74) is 0. The minimum absolute atomic E-state index is 0.0185. The minimum atomic E-state index is -0.991. The van der Waals surface area contributed by atoms with Gasteiger partial charge in [-0.05, 0) is 19.3 Å². The molecule has 0 aromatic carbocycles. The summed E-state index contributed by atoms with van der Waals surface area (Å²) in [5.74, 6) is -2.49. The van der Waals surface area contributed by atoms with Crippen LogP contribution in [0.1, 0.15) is 44.9 Å². The Balaban J connectivity index is 3.16. The van der Waals surface area contributed by atoms with Gasteiger partial charge in [-0.15, -0.1) is 0 Å². The van der Waals surface area contributed by atoms with Crippen LogP contribution < -0.4 is 5.32 Å². The van der Waals surface area contributed by atoms with Gasteiger partial charge in [-0.25, -0.2) is 0 Å². The molecule has 228 valence electrons. The Hall–Kier alpha value is -2.36. The Labute approximate surface area is 229 Å². The summed E-state index contributed by atoms with van der Waals surface area (Å²) < 4.78 is 37.2. The zero-order valence-corrected chi connectivity index (χ0v) is 22.7. The van der Waals surface area contributed by atoms with Gasteiger partial charge in [0.25, 0.3) is 0 Å². The van der Waals surface area contributed by atoms with Crippen molar-refractivity contribution < 1.29 is 62.5 Å². The highest BCUT2D eigenvalue weighted by atomic mass is 16.6. The summed E-state index contributed by atoms with van der Waals surface area (Å²) in [4.78, 5) is 43.5. The maximum absolute atomic E-state index is 11.4. The Bertz CT molecular complexity index is 633. The fourth-order valence-electron chi connectivity index (χ4n) is 2.74. The van der Waals surface area contributed by atoms with E-state index in [4.69, 9.17) is 43.4 Å². The van der Waals surface area contributed by atoms with E-state index in [1.165, 1.54) is 0 Å². The fraction of sp³-hybridized carbons (Fsp3) is 0.840. The molecule has 0 fully saturated rings. The second-order valence-electron chi connectivity index (χ2n) is 8.09. The molecule has 0 aromatic heterocycles. The molecule has 0 bridgehead atoms. The van der Waals surface area contributed by atoms with E-state index in [9.17, 15) is 19.2 Å². The molecule has 0 unspecified atom stereocenters. The van der Waals surface area contributed by atoms with Gasteiger partial charge in [-0.3, -0.25) is 19.2 Å². The molecule has 1 amide bonds. The zero-order valence-electron chi connectivity index (χ0n) is 22.7. The smallest absolute Gasteiger partial charge is 0.305 e. The van der Waals surface area contributed by atoms with Gasteiger partial charge in [0.1, 0.15) is 6.61 Å². The number of hydrogen-bond acceptors (Lipinski definition) is 11. The monoisotopic (exact) mass is 567 g/mol. The third-order valence-electron chi connectivity index (χ3n) is 4.73. The predicted molar refractivity (Wildman–Crippen MR) is 136 cm³/mol. The lowest BCUT2D eigenvalue weighted by atomic mass is 10.2. The summed E-state index contributed by atoms with van der Waals surface area (Å²) in [6.07, 6.45) is 1.66. The van der Waals surface area contributed by atoms with Crippen LogP contribution in [-0.4, -0.2) is 126 Å². The molecule has 0 heterocycles.